The fourth-order valence-corrected chi connectivity index (χ4v) is 4.02. The van der Waals surface area contributed by atoms with E-state index in [9.17, 15) is 8.42 Å². The normalized spacial score (nSPS) is 12.1. The maximum absolute atomic E-state index is 12.3. The highest BCUT2D eigenvalue weighted by atomic mass is 32.2. The molecule has 3 rings (SSSR count). The van der Waals surface area contributed by atoms with Crippen molar-refractivity contribution in [2.24, 2.45) is 0 Å². The third-order valence-corrected chi connectivity index (χ3v) is 5.42. The molecule has 8 heteroatoms. The van der Waals surface area contributed by atoms with Gasteiger partial charge in [0.05, 0.1) is 23.3 Å². The lowest BCUT2D eigenvalue weighted by molar-refractivity contribution is 0.580. The molecular weight excluding hydrogens is 308 g/mol. The Bertz CT molecular complexity index is 864. The second-order valence-corrected chi connectivity index (χ2v) is 7.57. The van der Waals surface area contributed by atoms with Crippen molar-refractivity contribution in [1.29, 1.82) is 0 Å². The van der Waals surface area contributed by atoms with E-state index < -0.39 is 10.0 Å². The molecule has 0 fully saturated rings. The van der Waals surface area contributed by atoms with E-state index in [4.69, 9.17) is 0 Å². The molecule has 0 amide bonds. The van der Waals surface area contributed by atoms with E-state index in [2.05, 4.69) is 14.8 Å². The first kappa shape index (κ1) is 14.2. The number of nitrogens with zero attached hydrogens (tertiary/aromatic N) is 3. The Morgan fingerprint density at radius 3 is 2.76 bits per heavy atom. The van der Waals surface area contributed by atoms with Gasteiger partial charge in [0, 0.05) is 0 Å². The van der Waals surface area contributed by atoms with E-state index in [0.717, 1.165) is 9.97 Å². The minimum atomic E-state index is -3.53. The standard InChI is InChI=1S/C13H14N4O2S2/c1-9-5-3-4-6-12(9)21(18,19)14-7-11-8-17-13(15-11)20-10(2)16-17/h3-6,8,14H,7H2,1-2H3. The lowest BCUT2D eigenvalue weighted by atomic mass is 10.2. The molecule has 0 radical (unpaired) electrons. The largest absolute Gasteiger partial charge is 0.241 e. The monoisotopic (exact) mass is 322 g/mol. The van der Waals surface area contributed by atoms with Gasteiger partial charge < -0.3 is 0 Å². The van der Waals surface area contributed by atoms with Crippen LogP contribution in [0, 0.1) is 13.8 Å². The van der Waals surface area contributed by atoms with Crippen LogP contribution in [0.15, 0.2) is 35.4 Å². The van der Waals surface area contributed by atoms with Gasteiger partial charge in [-0.1, -0.05) is 29.5 Å². The van der Waals surface area contributed by atoms with Gasteiger partial charge >= 0.3 is 0 Å². The lowest BCUT2D eigenvalue weighted by Gasteiger charge is -2.07. The van der Waals surface area contributed by atoms with Crippen molar-refractivity contribution in [2.45, 2.75) is 25.3 Å². The molecule has 0 aliphatic heterocycles. The van der Waals surface area contributed by atoms with E-state index >= 15 is 0 Å². The molecule has 0 saturated heterocycles. The maximum atomic E-state index is 12.3. The van der Waals surface area contributed by atoms with Crippen molar-refractivity contribution in [3.8, 4) is 0 Å². The van der Waals surface area contributed by atoms with Gasteiger partial charge in [-0.3, -0.25) is 0 Å². The summed E-state index contributed by atoms with van der Waals surface area (Å²) in [6.07, 6.45) is 1.74. The summed E-state index contributed by atoms with van der Waals surface area (Å²) in [6.45, 7) is 3.82. The average molecular weight is 322 g/mol. The predicted octanol–water partition coefficient (Wildman–Crippen LogP) is 1.89. The number of aryl methyl sites for hydroxylation is 2. The van der Waals surface area contributed by atoms with Crippen molar-refractivity contribution in [2.75, 3.05) is 0 Å². The molecule has 1 N–H and O–H groups in total. The number of sulfonamides is 1. The number of aromatic nitrogens is 3. The Labute approximate surface area is 126 Å². The molecule has 2 aromatic heterocycles. The van der Waals surface area contributed by atoms with Crippen molar-refractivity contribution < 1.29 is 8.42 Å². The first-order valence-electron chi connectivity index (χ1n) is 6.33. The second kappa shape index (κ2) is 5.21. The predicted molar refractivity (Wildman–Crippen MR) is 80.8 cm³/mol. The SMILES string of the molecule is Cc1nn2cc(CNS(=O)(=O)c3ccccc3C)nc2s1. The van der Waals surface area contributed by atoms with Gasteiger partial charge in [-0.05, 0) is 25.5 Å². The topological polar surface area (TPSA) is 76.4 Å². The van der Waals surface area contributed by atoms with E-state index in [1.807, 2.05) is 13.0 Å². The van der Waals surface area contributed by atoms with Crippen molar-refractivity contribution in [1.82, 2.24) is 19.3 Å². The van der Waals surface area contributed by atoms with Crippen molar-refractivity contribution >= 4 is 26.3 Å². The van der Waals surface area contributed by atoms with Gasteiger partial charge in [-0.15, -0.1) is 0 Å². The van der Waals surface area contributed by atoms with Crippen LogP contribution in [0.25, 0.3) is 4.96 Å². The molecule has 0 aliphatic rings. The molecule has 110 valence electrons. The van der Waals surface area contributed by atoms with Crippen LogP contribution in [0.3, 0.4) is 0 Å². The molecule has 21 heavy (non-hydrogen) atoms. The molecule has 6 nitrogen and oxygen atoms in total. The minimum Gasteiger partial charge on any atom is -0.221 e. The summed E-state index contributed by atoms with van der Waals surface area (Å²) in [7, 11) is -3.53. The Balaban J connectivity index is 1.80. The fraction of sp³-hybridized carbons (Fsp3) is 0.231. The number of nitrogens with one attached hydrogen (secondary N) is 1. The van der Waals surface area contributed by atoms with E-state index in [-0.39, 0.29) is 6.54 Å². The minimum absolute atomic E-state index is 0.145. The van der Waals surface area contributed by atoms with Gasteiger partial charge in [0.25, 0.3) is 0 Å². The summed E-state index contributed by atoms with van der Waals surface area (Å²) < 4.78 is 28.8. The average Bonchev–Trinajstić information content (AvgIpc) is 2.93. The van der Waals surface area contributed by atoms with E-state index in [0.29, 0.717) is 16.2 Å². The maximum Gasteiger partial charge on any atom is 0.241 e. The van der Waals surface area contributed by atoms with Crippen LogP contribution in [-0.4, -0.2) is 23.0 Å². The molecule has 0 unspecified atom stereocenters. The summed E-state index contributed by atoms with van der Waals surface area (Å²) in [5, 5.41) is 5.17. The van der Waals surface area contributed by atoms with Crippen LogP contribution >= 0.6 is 11.3 Å². The number of fused-ring (bicyclic) bond motifs is 1. The highest BCUT2D eigenvalue weighted by Crippen LogP contribution is 2.16. The zero-order valence-electron chi connectivity index (χ0n) is 11.6. The molecular formula is C13H14N4O2S2. The van der Waals surface area contributed by atoms with Crippen LogP contribution in [-0.2, 0) is 16.6 Å². The third kappa shape index (κ3) is 2.82. The van der Waals surface area contributed by atoms with Crippen LogP contribution < -0.4 is 4.72 Å². The Hall–Kier alpha value is -1.77. The van der Waals surface area contributed by atoms with Gasteiger partial charge in [0.15, 0.2) is 0 Å². The van der Waals surface area contributed by atoms with E-state index in [1.165, 1.54) is 11.3 Å². The summed E-state index contributed by atoms with van der Waals surface area (Å²) in [6, 6.07) is 6.88. The summed E-state index contributed by atoms with van der Waals surface area (Å²) >= 11 is 1.47. The van der Waals surface area contributed by atoms with Crippen LogP contribution in [0.5, 0.6) is 0 Å². The molecule has 0 atom stereocenters. The number of imidazole rings is 1. The Morgan fingerprint density at radius 2 is 2.05 bits per heavy atom. The van der Waals surface area contributed by atoms with Crippen molar-refractivity contribution in [3.05, 3.63) is 46.7 Å². The molecule has 2 heterocycles. The lowest BCUT2D eigenvalue weighted by Crippen LogP contribution is -2.24. The van der Waals surface area contributed by atoms with Gasteiger partial charge in [-0.25, -0.2) is 22.6 Å². The highest BCUT2D eigenvalue weighted by Gasteiger charge is 2.16. The molecule has 1 aromatic carbocycles. The molecule has 0 bridgehead atoms. The zero-order valence-corrected chi connectivity index (χ0v) is 13.2. The zero-order chi connectivity index (χ0) is 15.0. The Kier molecular flexibility index (Phi) is 3.52. The van der Waals surface area contributed by atoms with Gasteiger partial charge in [-0.2, -0.15) is 5.10 Å². The molecule has 0 spiro atoms. The molecule has 3 aromatic rings. The fourth-order valence-electron chi connectivity index (χ4n) is 2.03. The summed E-state index contributed by atoms with van der Waals surface area (Å²) in [5.41, 5.74) is 1.36. The Morgan fingerprint density at radius 1 is 1.29 bits per heavy atom. The van der Waals surface area contributed by atoms with Crippen LogP contribution in [0.1, 0.15) is 16.3 Å². The third-order valence-electron chi connectivity index (χ3n) is 3.02. The van der Waals surface area contributed by atoms with E-state index in [1.54, 1.807) is 35.8 Å². The molecule has 0 aliphatic carbocycles. The van der Waals surface area contributed by atoms with Crippen molar-refractivity contribution in [3.63, 3.8) is 0 Å². The van der Waals surface area contributed by atoms with Crippen LogP contribution in [0.2, 0.25) is 0 Å². The number of benzene rings is 1. The smallest absolute Gasteiger partial charge is 0.221 e. The van der Waals surface area contributed by atoms with Crippen LogP contribution in [0.4, 0.5) is 0 Å². The second-order valence-electron chi connectivity index (χ2n) is 4.67. The van der Waals surface area contributed by atoms with Gasteiger partial charge in [0.2, 0.25) is 15.0 Å². The summed E-state index contributed by atoms with van der Waals surface area (Å²) in [5.74, 6) is 0. The highest BCUT2D eigenvalue weighted by molar-refractivity contribution is 7.89. The number of rotatable bonds is 4. The molecule has 0 saturated carbocycles. The first-order chi connectivity index (χ1) is 9.95. The number of hydrogen-bond acceptors (Lipinski definition) is 5. The number of hydrogen-bond donors (Lipinski definition) is 1. The summed E-state index contributed by atoms with van der Waals surface area (Å²) in [4.78, 5) is 5.40. The van der Waals surface area contributed by atoms with Gasteiger partial charge in [0.1, 0.15) is 5.01 Å². The quantitative estimate of drug-likeness (QED) is 0.796. The first-order valence-corrected chi connectivity index (χ1v) is 8.63.